The van der Waals surface area contributed by atoms with Crippen molar-refractivity contribution in [3.63, 3.8) is 0 Å². The molecule has 0 aliphatic carbocycles. The van der Waals surface area contributed by atoms with E-state index in [0.717, 1.165) is 34.9 Å². The molecule has 2 N–H and O–H groups in total. The molecule has 2 heterocycles. The van der Waals surface area contributed by atoms with Gasteiger partial charge in [0.1, 0.15) is 23.9 Å². The van der Waals surface area contributed by atoms with E-state index in [1.807, 2.05) is 20.8 Å². The number of aromatic nitrogens is 1. The fourth-order valence-corrected chi connectivity index (χ4v) is 2.85. The number of fused-ring (bicyclic) bond motifs is 1. The Kier molecular flexibility index (Phi) is 6.28. The van der Waals surface area contributed by atoms with E-state index < -0.39 is 0 Å². The van der Waals surface area contributed by atoms with E-state index in [2.05, 4.69) is 20.6 Å². The lowest BCUT2D eigenvalue weighted by molar-refractivity contribution is -0.0172. The fraction of sp³-hybridized carbons (Fsp3) is 0.474. The summed E-state index contributed by atoms with van der Waals surface area (Å²) in [4.78, 5) is 8.82. The average Bonchev–Trinajstić information content (AvgIpc) is 2.97. The second kappa shape index (κ2) is 8.85. The summed E-state index contributed by atoms with van der Waals surface area (Å²) in [5.41, 5.74) is 2.43. The van der Waals surface area contributed by atoms with Gasteiger partial charge in [-0.25, -0.2) is 14.4 Å². The zero-order valence-electron chi connectivity index (χ0n) is 15.9. The molecule has 27 heavy (non-hydrogen) atoms. The Morgan fingerprint density at radius 2 is 2.15 bits per heavy atom. The molecule has 2 aromatic rings. The molecule has 0 unspecified atom stereocenters. The standard InChI is InChI=1S/C19H25FN4O3/c1-4-21-19(23-9-17-24-12(2)13(3)27-17)22-6-5-14-7-16(20)8-15-10-25-11-26-18(14)15/h7-8H,4-6,9-11H2,1-3H3,(H2,21,22,23). The van der Waals surface area contributed by atoms with Gasteiger partial charge < -0.3 is 24.5 Å². The molecule has 0 saturated carbocycles. The number of benzene rings is 1. The maximum Gasteiger partial charge on any atom is 0.216 e. The van der Waals surface area contributed by atoms with Crippen LogP contribution in [0.3, 0.4) is 0 Å². The minimum Gasteiger partial charge on any atom is -0.467 e. The van der Waals surface area contributed by atoms with Gasteiger partial charge in [-0.2, -0.15) is 0 Å². The summed E-state index contributed by atoms with van der Waals surface area (Å²) in [6, 6.07) is 2.96. The quantitative estimate of drug-likeness (QED) is 0.596. The van der Waals surface area contributed by atoms with Crippen molar-refractivity contribution in [2.24, 2.45) is 4.99 Å². The third-order valence-corrected chi connectivity index (χ3v) is 4.23. The number of halogens is 1. The topological polar surface area (TPSA) is 80.9 Å². The third kappa shape index (κ3) is 4.97. The first kappa shape index (κ1) is 19.2. The number of hydrogen-bond acceptors (Lipinski definition) is 5. The van der Waals surface area contributed by atoms with Crippen molar-refractivity contribution in [1.82, 2.24) is 15.6 Å². The van der Waals surface area contributed by atoms with E-state index in [9.17, 15) is 4.39 Å². The lowest BCUT2D eigenvalue weighted by Crippen LogP contribution is -2.38. The van der Waals surface area contributed by atoms with Gasteiger partial charge >= 0.3 is 0 Å². The van der Waals surface area contributed by atoms with Crippen molar-refractivity contribution in [2.75, 3.05) is 19.9 Å². The summed E-state index contributed by atoms with van der Waals surface area (Å²) in [5, 5.41) is 6.43. The van der Waals surface area contributed by atoms with E-state index in [4.69, 9.17) is 13.9 Å². The van der Waals surface area contributed by atoms with Gasteiger partial charge in [0.15, 0.2) is 12.8 Å². The molecule has 0 fully saturated rings. The van der Waals surface area contributed by atoms with Crippen molar-refractivity contribution in [1.29, 1.82) is 0 Å². The Balaban J connectivity index is 1.61. The van der Waals surface area contributed by atoms with Crippen molar-refractivity contribution in [2.45, 2.75) is 40.3 Å². The van der Waals surface area contributed by atoms with Crippen molar-refractivity contribution in [3.8, 4) is 5.75 Å². The predicted molar refractivity (Wildman–Crippen MR) is 99.2 cm³/mol. The normalized spacial score (nSPS) is 13.9. The number of rotatable bonds is 6. The van der Waals surface area contributed by atoms with Gasteiger partial charge in [0.05, 0.1) is 12.3 Å². The molecule has 0 bridgehead atoms. The van der Waals surface area contributed by atoms with Crippen LogP contribution in [0, 0.1) is 19.7 Å². The predicted octanol–water partition coefficient (Wildman–Crippen LogP) is 2.59. The molecular formula is C19H25FN4O3. The van der Waals surface area contributed by atoms with Crippen LogP contribution in [0.2, 0.25) is 0 Å². The van der Waals surface area contributed by atoms with Crippen LogP contribution in [0.15, 0.2) is 21.5 Å². The summed E-state index contributed by atoms with van der Waals surface area (Å²) in [5.74, 6) is 2.47. The largest absolute Gasteiger partial charge is 0.467 e. The third-order valence-electron chi connectivity index (χ3n) is 4.23. The summed E-state index contributed by atoms with van der Waals surface area (Å²) >= 11 is 0. The molecule has 0 atom stereocenters. The average molecular weight is 376 g/mol. The van der Waals surface area contributed by atoms with Gasteiger partial charge in [0, 0.05) is 18.7 Å². The number of nitrogens with zero attached hydrogens (tertiary/aromatic N) is 2. The van der Waals surface area contributed by atoms with Gasteiger partial charge in [-0.05, 0) is 44.9 Å². The molecule has 7 nitrogen and oxygen atoms in total. The van der Waals surface area contributed by atoms with E-state index in [1.165, 1.54) is 12.1 Å². The summed E-state index contributed by atoms with van der Waals surface area (Å²) < 4.78 is 30.1. The van der Waals surface area contributed by atoms with Crippen LogP contribution in [0.5, 0.6) is 5.75 Å². The van der Waals surface area contributed by atoms with Crippen LogP contribution < -0.4 is 15.4 Å². The van der Waals surface area contributed by atoms with E-state index in [0.29, 0.717) is 38.0 Å². The number of hydrogen-bond donors (Lipinski definition) is 2. The molecular weight excluding hydrogens is 351 g/mol. The number of aryl methyl sites for hydroxylation is 2. The fourth-order valence-electron chi connectivity index (χ4n) is 2.85. The van der Waals surface area contributed by atoms with E-state index >= 15 is 0 Å². The van der Waals surface area contributed by atoms with E-state index in [1.54, 1.807) is 0 Å². The zero-order chi connectivity index (χ0) is 19.2. The van der Waals surface area contributed by atoms with Crippen LogP contribution >= 0.6 is 0 Å². The van der Waals surface area contributed by atoms with Gasteiger partial charge in [-0.3, -0.25) is 0 Å². The van der Waals surface area contributed by atoms with Crippen molar-refractivity contribution >= 4 is 5.96 Å². The highest BCUT2D eigenvalue weighted by molar-refractivity contribution is 5.79. The van der Waals surface area contributed by atoms with Gasteiger partial charge in [0.2, 0.25) is 5.89 Å². The Labute approximate surface area is 158 Å². The van der Waals surface area contributed by atoms with Gasteiger partial charge in [-0.15, -0.1) is 0 Å². The van der Waals surface area contributed by atoms with Gasteiger partial charge in [0.25, 0.3) is 0 Å². The maximum atomic E-state index is 13.8. The number of ether oxygens (including phenoxy) is 2. The number of guanidine groups is 1. The molecule has 1 aliphatic rings. The highest BCUT2D eigenvalue weighted by atomic mass is 19.1. The summed E-state index contributed by atoms with van der Waals surface area (Å²) in [6.07, 6.45) is 0.599. The van der Waals surface area contributed by atoms with Crippen LogP contribution in [0.4, 0.5) is 4.39 Å². The minimum absolute atomic E-state index is 0.193. The Bertz CT molecular complexity index is 800. The van der Waals surface area contributed by atoms with Crippen LogP contribution in [-0.2, 0) is 24.3 Å². The molecule has 1 aliphatic heterocycles. The van der Waals surface area contributed by atoms with Crippen LogP contribution in [0.25, 0.3) is 0 Å². The number of nitrogens with one attached hydrogen (secondary N) is 2. The molecule has 146 valence electrons. The highest BCUT2D eigenvalue weighted by Crippen LogP contribution is 2.29. The maximum absolute atomic E-state index is 13.8. The Morgan fingerprint density at radius 1 is 1.30 bits per heavy atom. The molecule has 1 aromatic carbocycles. The molecule has 0 spiro atoms. The second-order valence-corrected chi connectivity index (χ2v) is 6.28. The first-order chi connectivity index (χ1) is 13.1. The first-order valence-corrected chi connectivity index (χ1v) is 9.03. The van der Waals surface area contributed by atoms with E-state index in [-0.39, 0.29) is 12.6 Å². The highest BCUT2D eigenvalue weighted by Gasteiger charge is 2.16. The Hall–Kier alpha value is -2.61. The molecule has 8 heteroatoms. The molecule has 0 radical (unpaired) electrons. The Morgan fingerprint density at radius 3 is 2.89 bits per heavy atom. The smallest absolute Gasteiger partial charge is 0.216 e. The molecule has 3 rings (SSSR count). The molecule has 0 saturated heterocycles. The van der Waals surface area contributed by atoms with Crippen LogP contribution in [-0.4, -0.2) is 30.8 Å². The number of aliphatic imine (C=N–C) groups is 1. The lowest BCUT2D eigenvalue weighted by Gasteiger charge is -2.21. The number of oxazole rings is 1. The second-order valence-electron chi connectivity index (χ2n) is 6.28. The summed E-state index contributed by atoms with van der Waals surface area (Å²) in [6.45, 7) is 7.99. The summed E-state index contributed by atoms with van der Waals surface area (Å²) in [7, 11) is 0. The van der Waals surface area contributed by atoms with Crippen molar-refractivity contribution < 1.29 is 18.3 Å². The molecule has 1 aromatic heterocycles. The minimum atomic E-state index is -0.284. The van der Waals surface area contributed by atoms with Crippen molar-refractivity contribution in [3.05, 3.63) is 46.4 Å². The van der Waals surface area contributed by atoms with Gasteiger partial charge in [-0.1, -0.05) is 0 Å². The zero-order valence-corrected chi connectivity index (χ0v) is 15.9. The lowest BCUT2D eigenvalue weighted by atomic mass is 10.1. The first-order valence-electron chi connectivity index (χ1n) is 9.03. The van der Waals surface area contributed by atoms with Crippen LogP contribution in [0.1, 0.15) is 35.4 Å². The SMILES string of the molecule is CCNC(=NCc1nc(C)c(C)o1)NCCc1cc(F)cc2c1OCOC2. The molecule has 0 amide bonds. The monoisotopic (exact) mass is 376 g/mol.